The molecule has 3 nitrogen and oxygen atoms in total. The molecule has 17 heavy (non-hydrogen) atoms. The van der Waals surface area contributed by atoms with E-state index in [2.05, 4.69) is 5.32 Å². The van der Waals surface area contributed by atoms with Crippen LogP contribution in [-0.2, 0) is 4.74 Å². The minimum absolute atomic E-state index is 0.374. The highest BCUT2D eigenvalue weighted by atomic mass is 35.5. The Morgan fingerprint density at radius 2 is 2.06 bits per heavy atom. The van der Waals surface area contributed by atoms with Gasteiger partial charge in [0.25, 0.3) is 0 Å². The number of nitrogens with one attached hydrogen (secondary N) is 1. The molecule has 1 atom stereocenters. The molecule has 0 spiro atoms. The summed E-state index contributed by atoms with van der Waals surface area (Å²) in [5.41, 5.74) is 0. The molecule has 1 aromatic rings. The molecule has 1 fully saturated rings. The zero-order chi connectivity index (χ0) is 12.1. The Labute approximate surface area is 111 Å². The van der Waals surface area contributed by atoms with E-state index in [1.165, 1.54) is 0 Å². The molecule has 1 aromatic carbocycles. The summed E-state index contributed by atoms with van der Waals surface area (Å²) < 4.78 is 11.0. The summed E-state index contributed by atoms with van der Waals surface area (Å²) in [4.78, 5) is 0. The molecular weight excluding hydrogens is 261 g/mol. The standard InChI is InChI=1S/C12H15Cl2NO2/c13-9-5-10(14)7-12(6-9)17-3-1-11-8-16-4-2-15-11/h5-7,11,15H,1-4,8H2. The van der Waals surface area contributed by atoms with Crippen LogP contribution in [0.3, 0.4) is 0 Å². The van der Waals surface area contributed by atoms with E-state index in [0.717, 1.165) is 26.2 Å². The van der Waals surface area contributed by atoms with E-state index in [1.807, 2.05) is 0 Å². The lowest BCUT2D eigenvalue weighted by molar-refractivity contribution is 0.0691. The second kappa shape index (κ2) is 6.45. The van der Waals surface area contributed by atoms with Gasteiger partial charge >= 0.3 is 0 Å². The van der Waals surface area contributed by atoms with Gasteiger partial charge in [-0.25, -0.2) is 0 Å². The molecule has 1 saturated heterocycles. The summed E-state index contributed by atoms with van der Waals surface area (Å²) >= 11 is 11.8. The van der Waals surface area contributed by atoms with Crippen LogP contribution in [0.1, 0.15) is 6.42 Å². The van der Waals surface area contributed by atoms with Gasteiger partial charge in [0.2, 0.25) is 0 Å². The number of hydrogen-bond donors (Lipinski definition) is 1. The summed E-state index contributed by atoms with van der Waals surface area (Å²) in [6.45, 7) is 3.08. The van der Waals surface area contributed by atoms with E-state index in [9.17, 15) is 0 Å². The van der Waals surface area contributed by atoms with Crippen LogP contribution in [0, 0.1) is 0 Å². The minimum atomic E-state index is 0.374. The Bertz CT molecular complexity index is 347. The second-order valence-corrected chi connectivity index (χ2v) is 4.84. The summed E-state index contributed by atoms with van der Waals surface area (Å²) in [7, 11) is 0. The fourth-order valence-electron chi connectivity index (χ4n) is 1.74. The van der Waals surface area contributed by atoms with Gasteiger partial charge in [0.1, 0.15) is 5.75 Å². The van der Waals surface area contributed by atoms with Crippen LogP contribution in [0.2, 0.25) is 10.0 Å². The Kier molecular flexibility index (Phi) is 4.92. The molecule has 1 unspecified atom stereocenters. The van der Waals surface area contributed by atoms with Crippen molar-refractivity contribution in [3.8, 4) is 5.75 Å². The summed E-state index contributed by atoms with van der Waals surface area (Å²) in [6.07, 6.45) is 0.907. The Hall–Kier alpha value is -0.480. The van der Waals surface area contributed by atoms with Crippen molar-refractivity contribution in [2.75, 3.05) is 26.4 Å². The van der Waals surface area contributed by atoms with Gasteiger partial charge in [-0.1, -0.05) is 23.2 Å². The highest BCUT2D eigenvalue weighted by Gasteiger charge is 2.12. The summed E-state index contributed by atoms with van der Waals surface area (Å²) in [5, 5.41) is 4.55. The lowest BCUT2D eigenvalue weighted by atomic mass is 10.2. The van der Waals surface area contributed by atoms with Crippen LogP contribution in [-0.4, -0.2) is 32.4 Å². The fraction of sp³-hybridized carbons (Fsp3) is 0.500. The van der Waals surface area contributed by atoms with Crippen LogP contribution < -0.4 is 10.1 Å². The van der Waals surface area contributed by atoms with Crippen LogP contribution >= 0.6 is 23.2 Å². The van der Waals surface area contributed by atoms with E-state index in [4.69, 9.17) is 32.7 Å². The molecule has 0 amide bonds. The first kappa shape index (κ1) is 13.0. The molecule has 5 heteroatoms. The zero-order valence-corrected chi connectivity index (χ0v) is 10.9. The van der Waals surface area contributed by atoms with Crippen LogP contribution in [0.4, 0.5) is 0 Å². The predicted octanol–water partition coefficient (Wildman–Crippen LogP) is 2.75. The van der Waals surface area contributed by atoms with Gasteiger partial charge in [-0.15, -0.1) is 0 Å². The zero-order valence-electron chi connectivity index (χ0n) is 9.42. The largest absolute Gasteiger partial charge is 0.493 e. The first-order valence-electron chi connectivity index (χ1n) is 5.64. The topological polar surface area (TPSA) is 30.5 Å². The Morgan fingerprint density at radius 1 is 1.29 bits per heavy atom. The molecule has 0 aliphatic carbocycles. The van der Waals surface area contributed by atoms with E-state index < -0.39 is 0 Å². The highest BCUT2D eigenvalue weighted by molar-refractivity contribution is 6.34. The molecule has 1 N–H and O–H groups in total. The van der Waals surface area contributed by atoms with Crippen LogP contribution in [0.5, 0.6) is 5.75 Å². The predicted molar refractivity (Wildman–Crippen MR) is 69.2 cm³/mol. The molecule has 0 saturated carbocycles. The van der Waals surface area contributed by atoms with Crippen molar-refractivity contribution in [3.05, 3.63) is 28.2 Å². The maximum atomic E-state index is 5.88. The quantitative estimate of drug-likeness (QED) is 0.917. The molecule has 94 valence electrons. The molecule has 0 radical (unpaired) electrons. The number of hydrogen-bond acceptors (Lipinski definition) is 3. The normalized spacial score (nSPS) is 20.2. The SMILES string of the molecule is Clc1cc(Cl)cc(OCCC2COCCN2)c1. The van der Waals surface area contributed by atoms with E-state index in [0.29, 0.717) is 28.4 Å². The third-order valence-electron chi connectivity index (χ3n) is 2.57. The number of rotatable bonds is 4. The lowest BCUT2D eigenvalue weighted by Crippen LogP contribution is -2.41. The highest BCUT2D eigenvalue weighted by Crippen LogP contribution is 2.24. The third-order valence-corrected chi connectivity index (χ3v) is 3.01. The van der Waals surface area contributed by atoms with Crippen LogP contribution in [0.25, 0.3) is 0 Å². The average Bonchev–Trinajstić information content (AvgIpc) is 2.29. The van der Waals surface area contributed by atoms with Crippen molar-refractivity contribution in [1.82, 2.24) is 5.32 Å². The summed E-state index contributed by atoms with van der Waals surface area (Å²) in [5.74, 6) is 0.708. The van der Waals surface area contributed by atoms with Gasteiger partial charge < -0.3 is 14.8 Å². The molecule has 2 rings (SSSR count). The third kappa shape index (κ3) is 4.36. The van der Waals surface area contributed by atoms with Crippen molar-refractivity contribution in [2.24, 2.45) is 0 Å². The molecular formula is C12H15Cl2NO2. The van der Waals surface area contributed by atoms with Gasteiger partial charge in [0.05, 0.1) is 19.8 Å². The Balaban J connectivity index is 1.77. The summed E-state index contributed by atoms with van der Waals surface area (Å²) in [6, 6.07) is 5.58. The minimum Gasteiger partial charge on any atom is -0.493 e. The fourth-order valence-corrected chi connectivity index (χ4v) is 2.24. The van der Waals surface area contributed by atoms with Gasteiger partial charge in [0, 0.05) is 22.6 Å². The number of ether oxygens (including phenoxy) is 2. The Morgan fingerprint density at radius 3 is 2.71 bits per heavy atom. The van der Waals surface area contributed by atoms with Gasteiger partial charge in [0.15, 0.2) is 0 Å². The first-order chi connectivity index (χ1) is 8.24. The molecule has 0 bridgehead atoms. The van der Waals surface area contributed by atoms with Crippen molar-refractivity contribution >= 4 is 23.2 Å². The number of halogens is 2. The maximum absolute atomic E-state index is 5.88. The average molecular weight is 276 g/mol. The van der Waals surface area contributed by atoms with Gasteiger partial charge in [-0.05, 0) is 24.6 Å². The maximum Gasteiger partial charge on any atom is 0.122 e. The molecule has 0 aromatic heterocycles. The van der Waals surface area contributed by atoms with Crippen molar-refractivity contribution in [2.45, 2.75) is 12.5 Å². The van der Waals surface area contributed by atoms with Crippen molar-refractivity contribution in [3.63, 3.8) is 0 Å². The van der Waals surface area contributed by atoms with Gasteiger partial charge in [-0.2, -0.15) is 0 Å². The molecule has 1 aliphatic rings. The van der Waals surface area contributed by atoms with E-state index in [1.54, 1.807) is 18.2 Å². The van der Waals surface area contributed by atoms with Crippen molar-refractivity contribution < 1.29 is 9.47 Å². The van der Waals surface area contributed by atoms with E-state index >= 15 is 0 Å². The number of morpholine rings is 1. The number of benzene rings is 1. The smallest absolute Gasteiger partial charge is 0.122 e. The first-order valence-corrected chi connectivity index (χ1v) is 6.39. The van der Waals surface area contributed by atoms with E-state index in [-0.39, 0.29) is 0 Å². The molecule has 1 heterocycles. The van der Waals surface area contributed by atoms with Gasteiger partial charge in [-0.3, -0.25) is 0 Å². The second-order valence-electron chi connectivity index (χ2n) is 3.97. The van der Waals surface area contributed by atoms with Crippen LogP contribution in [0.15, 0.2) is 18.2 Å². The molecule has 1 aliphatic heterocycles. The monoisotopic (exact) mass is 275 g/mol. The lowest BCUT2D eigenvalue weighted by Gasteiger charge is -2.23. The van der Waals surface area contributed by atoms with Crippen molar-refractivity contribution in [1.29, 1.82) is 0 Å².